The van der Waals surface area contributed by atoms with Gasteiger partial charge in [0.25, 0.3) is 0 Å². The number of rotatable bonds is 0. The summed E-state index contributed by atoms with van der Waals surface area (Å²) in [6.07, 6.45) is 0. The molecular weight excluding hydrogens is 242 g/mol. The average Bonchev–Trinajstić information content (AvgIpc) is 2.19. The Bertz CT molecular complexity index is 409. The fourth-order valence-corrected chi connectivity index (χ4v) is 2.00. The summed E-state index contributed by atoms with van der Waals surface area (Å²) in [7, 11) is 2.05. The van der Waals surface area contributed by atoms with Gasteiger partial charge in [0.15, 0.2) is 0 Å². The lowest BCUT2D eigenvalue weighted by molar-refractivity contribution is 0.886. The van der Waals surface area contributed by atoms with Gasteiger partial charge in [-0.1, -0.05) is 0 Å². The standard InChI is InChI=1S/C10H10BrN3/c1-14-3-2-13-9-4-7(6-12)8(11)5-10(9)14/h4-5,13H,2-3H2,1H3. The zero-order valence-corrected chi connectivity index (χ0v) is 9.43. The van der Waals surface area contributed by atoms with Gasteiger partial charge in [-0.2, -0.15) is 5.26 Å². The number of likely N-dealkylation sites (N-methyl/N-ethyl adjacent to an activating group) is 1. The SMILES string of the molecule is CN1CCNc2cc(C#N)c(Br)cc21. The van der Waals surface area contributed by atoms with Crippen molar-refractivity contribution in [2.24, 2.45) is 0 Å². The van der Waals surface area contributed by atoms with E-state index in [2.05, 4.69) is 39.3 Å². The summed E-state index contributed by atoms with van der Waals surface area (Å²) in [5.41, 5.74) is 2.85. The van der Waals surface area contributed by atoms with Crippen LogP contribution in [0.4, 0.5) is 11.4 Å². The fourth-order valence-electron chi connectivity index (χ4n) is 1.58. The van der Waals surface area contributed by atoms with Crippen LogP contribution in [0.25, 0.3) is 0 Å². The van der Waals surface area contributed by atoms with Crippen LogP contribution in [0.2, 0.25) is 0 Å². The minimum Gasteiger partial charge on any atom is -0.382 e. The van der Waals surface area contributed by atoms with Crippen LogP contribution < -0.4 is 10.2 Å². The predicted octanol–water partition coefficient (Wildman–Crippen LogP) is 2.18. The van der Waals surface area contributed by atoms with Gasteiger partial charge in [-0.05, 0) is 28.1 Å². The highest BCUT2D eigenvalue weighted by molar-refractivity contribution is 9.10. The summed E-state index contributed by atoms with van der Waals surface area (Å²) in [4.78, 5) is 2.18. The first-order valence-electron chi connectivity index (χ1n) is 4.41. The first-order valence-corrected chi connectivity index (χ1v) is 5.20. The summed E-state index contributed by atoms with van der Waals surface area (Å²) in [6, 6.07) is 6.02. The highest BCUT2D eigenvalue weighted by Crippen LogP contribution is 2.33. The monoisotopic (exact) mass is 251 g/mol. The second kappa shape index (κ2) is 3.50. The van der Waals surface area contributed by atoms with Crippen LogP contribution in [-0.4, -0.2) is 20.1 Å². The summed E-state index contributed by atoms with van der Waals surface area (Å²) < 4.78 is 0.856. The molecule has 0 spiro atoms. The second-order valence-corrected chi connectivity index (χ2v) is 4.16. The predicted molar refractivity (Wildman–Crippen MR) is 60.6 cm³/mol. The molecule has 0 bridgehead atoms. The minimum absolute atomic E-state index is 0.673. The van der Waals surface area contributed by atoms with Gasteiger partial charge in [-0.25, -0.2) is 0 Å². The maximum Gasteiger partial charge on any atom is 0.100 e. The second-order valence-electron chi connectivity index (χ2n) is 3.31. The van der Waals surface area contributed by atoms with Crippen molar-refractivity contribution in [2.75, 3.05) is 30.4 Å². The van der Waals surface area contributed by atoms with Gasteiger partial charge in [-0.15, -0.1) is 0 Å². The van der Waals surface area contributed by atoms with Gasteiger partial charge < -0.3 is 10.2 Å². The first-order chi connectivity index (χ1) is 6.72. The van der Waals surface area contributed by atoms with Crippen molar-refractivity contribution < 1.29 is 0 Å². The van der Waals surface area contributed by atoms with E-state index >= 15 is 0 Å². The number of fused-ring (bicyclic) bond motifs is 1. The molecule has 2 rings (SSSR count). The highest BCUT2D eigenvalue weighted by Gasteiger charge is 2.15. The Morgan fingerprint density at radius 2 is 2.36 bits per heavy atom. The van der Waals surface area contributed by atoms with Crippen LogP contribution in [0.5, 0.6) is 0 Å². The molecule has 14 heavy (non-hydrogen) atoms. The van der Waals surface area contributed by atoms with Crippen molar-refractivity contribution in [3.8, 4) is 6.07 Å². The smallest absolute Gasteiger partial charge is 0.100 e. The Hall–Kier alpha value is -1.21. The van der Waals surface area contributed by atoms with Crippen LogP contribution in [-0.2, 0) is 0 Å². The lowest BCUT2D eigenvalue weighted by Crippen LogP contribution is -2.30. The Morgan fingerprint density at radius 3 is 3.07 bits per heavy atom. The molecule has 4 heteroatoms. The van der Waals surface area contributed by atoms with Crippen molar-refractivity contribution in [3.05, 3.63) is 22.2 Å². The van der Waals surface area contributed by atoms with Crippen LogP contribution >= 0.6 is 15.9 Å². The molecule has 0 saturated carbocycles. The van der Waals surface area contributed by atoms with Gasteiger partial charge in [0.1, 0.15) is 6.07 Å². The molecule has 0 unspecified atom stereocenters. The van der Waals surface area contributed by atoms with E-state index in [4.69, 9.17) is 5.26 Å². The number of hydrogen-bond acceptors (Lipinski definition) is 3. The fraction of sp³-hybridized carbons (Fsp3) is 0.300. The topological polar surface area (TPSA) is 39.1 Å². The maximum absolute atomic E-state index is 8.86. The lowest BCUT2D eigenvalue weighted by atomic mass is 10.1. The normalized spacial score (nSPS) is 14.2. The summed E-state index contributed by atoms with van der Waals surface area (Å²) in [5, 5.41) is 12.1. The van der Waals surface area contributed by atoms with Gasteiger partial charge in [-0.3, -0.25) is 0 Å². The largest absolute Gasteiger partial charge is 0.382 e. The van der Waals surface area contributed by atoms with E-state index in [9.17, 15) is 0 Å². The van der Waals surface area contributed by atoms with E-state index in [0.29, 0.717) is 5.56 Å². The molecular formula is C10H10BrN3. The molecule has 0 atom stereocenters. The third-order valence-electron chi connectivity index (χ3n) is 2.38. The third kappa shape index (κ3) is 1.44. The van der Waals surface area contributed by atoms with Crippen molar-refractivity contribution in [1.82, 2.24) is 0 Å². The van der Waals surface area contributed by atoms with E-state index < -0.39 is 0 Å². The number of nitrogens with zero attached hydrogens (tertiary/aromatic N) is 2. The maximum atomic E-state index is 8.86. The molecule has 0 fully saturated rings. The van der Waals surface area contributed by atoms with E-state index in [-0.39, 0.29) is 0 Å². The zero-order valence-electron chi connectivity index (χ0n) is 7.84. The molecule has 1 N–H and O–H groups in total. The quantitative estimate of drug-likeness (QED) is 0.769. The van der Waals surface area contributed by atoms with Crippen molar-refractivity contribution >= 4 is 27.3 Å². The Balaban J connectivity index is 2.55. The van der Waals surface area contributed by atoms with E-state index in [1.54, 1.807) is 0 Å². The summed E-state index contributed by atoms with van der Waals surface area (Å²) in [6.45, 7) is 1.92. The average molecular weight is 252 g/mol. The molecule has 1 aliphatic rings. The van der Waals surface area contributed by atoms with Crippen molar-refractivity contribution in [2.45, 2.75) is 0 Å². The Kier molecular flexibility index (Phi) is 2.34. The number of benzene rings is 1. The minimum atomic E-state index is 0.673. The molecule has 1 aliphatic heterocycles. The number of hydrogen-bond donors (Lipinski definition) is 1. The molecule has 0 aromatic heterocycles. The number of nitriles is 1. The molecule has 72 valence electrons. The molecule has 0 radical (unpaired) electrons. The molecule has 3 nitrogen and oxygen atoms in total. The van der Waals surface area contributed by atoms with Crippen LogP contribution in [0, 0.1) is 11.3 Å². The van der Waals surface area contributed by atoms with Gasteiger partial charge in [0.05, 0.1) is 16.9 Å². The van der Waals surface area contributed by atoms with Crippen LogP contribution in [0.15, 0.2) is 16.6 Å². The number of nitrogens with one attached hydrogen (secondary N) is 1. The van der Waals surface area contributed by atoms with Gasteiger partial charge in [0.2, 0.25) is 0 Å². The Labute approximate surface area is 91.5 Å². The Morgan fingerprint density at radius 1 is 1.57 bits per heavy atom. The number of anilines is 2. The molecule has 1 aromatic rings. The molecule has 1 aromatic carbocycles. The first kappa shape index (κ1) is 9.35. The van der Waals surface area contributed by atoms with Crippen molar-refractivity contribution in [3.63, 3.8) is 0 Å². The third-order valence-corrected chi connectivity index (χ3v) is 3.04. The zero-order chi connectivity index (χ0) is 10.1. The highest BCUT2D eigenvalue weighted by atomic mass is 79.9. The lowest BCUT2D eigenvalue weighted by Gasteiger charge is -2.28. The molecule has 0 aliphatic carbocycles. The van der Waals surface area contributed by atoms with Crippen molar-refractivity contribution in [1.29, 1.82) is 5.26 Å². The van der Waals surface area contributed by atoms with Gasteiger partial charge in [0, 0.05) is 24.6 Å². The van der Waals surface area contributed by atoms with E-state index in [0.717, 1.165) is 28.9 Å². The molecule has 0 saturated heterocycles. The van der Waals surface area contributed by atoms with Crippen LogP contribution in [0.3, 0.4) is 0 Å². The van der Waals surface area contributed by atoms with Crippen LogP contribution in [0.1, 0.15) is 5.56 Å². The summed E-state index contributed by atoms with van der Waals surface area (Å²) in [5.74, 6) is 0. The number of halogens is 1. The van der Waals surface area contributed by atoms with E-state index in [1.807, 2.05) is 12.1 Å². The summed E-state index contributed by atoms with van der Waals surface area (Å²) >= 11 is 3.39. The van der Waals surface area contributed by atoms with E-state index in [1.165, 1.54) is 0 Å². The molecule has 1 heterocycles. The molecule has 0 amide bonds. The van der Waals surface area contributed by atoms with Gasteiger partial charge >= 0.3 is 0 Å².